The average molecular weight is 342 g/mol. The Hall–Kier alpha value is -1.41. The predicted molar refractivity (Wildman–Crippen MR) is 108 cm³/mol. The van der Waals surface area contributed by atoms with Crippen molar-refractivity contribution in [2.75, 3.05) is 20.6 Å². The molecule has 138 valence electrons. The molecule has 1 saturated carbocycles. The zero-order valence-corrected chi connectivity index (χ0v) is 17.4. The molecule has 0 aromatic heterocycles. The second-order valence-electron chi connectivity index (χ2n) is 9.88. The Morgan fingerprint density at radius 2 is 1.52 bits per heavy atom. The van der Waals surface area contributed by atoms with Crippen LogP contribution >= 0.6 is 0 Å². The van der Waals surface area contributed by atoms with Gasteiger partial charge in [0, 0.05) is 12.5 Å². The van der Waals surface area contributed by atoms with E-state index in [-0.39, 0.29) is 16.7 Å². The van der Waals surface area contributed by atoms with Crippen LogP contribution in [0.2, 0.25) is 0 Å². The molecule has 0 saturated heterocycles. The third kappa shape index (κ3) is 5.04. The van der Waals surface area contributed by atoms with Gasteiger partial charge in [-0.3, -0.25) is 4.79 Å². The fraction of sp³-hybridized carbons (Fsp3) is 0.609. The van der Waals surface area contributed by atoms with Gasteiger partial charge in [-0.1, -0.05) is 59.7 Å². The Morgan fingerprint density at radius 3 is 1.96 bits per heavy atom. The lowest BCUT2D eigenvalue weighted by atomic mass is 9.79. The third-order valence-corrected chi connectivity index (χ3v) is 5.06. The number of nitrogens with zero attached hydrogens (tertiary/aromatic N) is 1. The number of ketones is 1. The molecule has 0 radical (unpaired) electrons. The van der Waals surface area contributed by atoms with Gasteiger partial charge in [0.2, 0.25) is 0 Å². The van der Waals surface area contributed by atoms with Gasteiger partial charge in [0.05, 0.1) is 0 Å². The molecule has 1 atom stereocenters. The summed E-state index contributed by atoms with van der Waals surface area (Å²) in [7, 11) is 4.08. The van der Waals surface area contributed by atoms with Crippen LogP contribution < -0.4 is 0 Å². The average Bonchev–Trinajstić information content (AvgIpc) is 2.77. The summed E-state index contributed by atoms with van der Waals surface area (Å²) in [6.45, 7) is 14.3. The molecule has 0 amide bonds. The molecule has 0 N–H and O–H groups in total. The highest BCUT2D eigenvalue weighted by Gasteiger charge is 2.29. The molecule has 0 aliphatic heterocycles. The maximum Gasteiger partial charge on any atom is 0.163 e. The van der Waals surface area contributed by atoms with Crippen molar-refractivity contribution in [2.45, 2.75) is 65.2 Å². The lowest BCUT2D eigenvalue weighted by Gasteiger charge is -2.26. The molecule has 1 aliphatic rings. The Kier molecular flexibility index (Phi) is 5.63. The quantitative estimate of drug-likeness (QED) is 0.704. The molecule has 2 rings (SSSR count). The van der Waals surface area contributed by atoms with Crippen molar-refractivity contribution in [1.29, 1.82) is 0 Å². The van der Waals surface area contributed by atoms with Gasteiger partial charge in [-0.25, -0.2) is 0 Å². The van der Waals surface area contributed by atoms with Crippen LogP contribution in [0, 0.1) is 5.92 Å². The predicted octanol–water partition coefficient (Wildman–Crippen LogP) is 5.21. The first-order valence-electron chi connectivity index (χ1n) is 9.43. The maximum atomic E-state index is 12.7. The normalized spacial score (nSPS) is 20.8. The van der Waals surface area contributed by atoms with Crippen LogP contribution in [-0.4, -0.2) is 31.3 Å². The SMILES string of the molecule is CN(C)CC1CCC(=Cc2cc(C(C)(C)C)cc(C(C)(C)C)c2)C1=O. The van der Waals surface area contributed by atoms with E-state index in [1.807, 2.05) is 14.1 Å². The Labute approximate surface area is 154 Å². The molecule has 0 spiro atoms. The molecule has 1 aromatic carbocycles. The number of allylic oxidation sites excluding steroid dienone is 1. The van der Waals surface area contributed by atoms with E-state index in [0.29, 0.717) is 5.78 Å². The Balaban J connectivity index is 2.41. The van der Waals surface area contributed by atoms with Gasteiger partial charge >= 0.3 is 0 Å². The summed E-state index contributed by atoms with van der Waals surface area (Å²) in [5.74, 6) is 0.501. The van der Waals surface area contributed by atoms with Crippen LogP contribution in [0.4, 0.5) is 0 Å². The standard InChI is InChI=1S/C23H35NO/c1-22(2,3)19-12-16(13-20(14-19)23(4,5)6)11-17-9-10-18(21(17)25)15-24(7)8/h11-14,18H,9-10,15H2,1-8H3. The first kappa shape index (κ1) is 19.9. The lowest BCUT2D eigenvalue weighted by molar-refractivity contribution is -0.118. The highest BCUT2D eigenvalue weighted by Crippen LogP contribution is 2.33. The molecule has 0 heterocycles. The van der Waals surface area contributed by atoms with Crippen molar-refractivity contribution in [2.24, 2.45) is 5.92 Å². The molecule has 1 fully saturated rings. The van der Waals surface area contributed by atoms with E-state index in [4.69, 9.17) is 0 Å². The molecular weight excluding hydrogens is 306 g/mol. The Bertz CT molecular complexity index is 636. The van der Waals surface area contributed by atoms with E-state index in [1.165, 1.54) is 16.7 Å². The van der Waals surface area contributed by atoms with Crippen molar-refractivity contribution in [3.63, 3.8) is 0 Å². The molecule has 0 bridgehead atoms. The summed E-state index contributed by atoms with van der Waals surface area (Å²) < 4.78 is 0. The van der Waals surface area contributed by atoms with E-state index in [0.717, 1.165) is 25.0 Å². The fourth-order valence-electron chi connectivity index (χ4n) is 3.41. The van der Waals surface area contributed by atoms with Gasteiger partial charge in [-0.2, -0.15) is 0 Å². The smallest absolute Gasteiger partial charge is 0.163 e. The zero-order valence-electron chi connectivity index (χ0n) is 17.4. The van der Waals surface area contributed by atoms with Crippen LogP contribution in [0.3, 0.4) is 0 Å². The highest BCUT2D eigenvalue weighted by atomic mass is 16.1. The Morgan fingerprint density at radius 1 is 1.00 bits per heavy atom. The molecule has 1 unspecified atom stereocenters. The van der Waals surface area contributed by atoms with Gasteiger partial charge in [0.1, 0.15) is 0 Å². The van der Waals surface area contributed by atoms with Crippen LogP contribution in [0.25, 0.3) is 6.08 Å². The number of carbonyl (C=O) groups is 1. The molecule has 1 aromatic rings. The van der Waals surface area contributed by atoms with Crippen LogP contribution in [0.5, 0.6) is 0 Å². The summed E-state index contributed by atoms with van der Waals surface area (Å²) in [5, 5.41) is 0. The van der Waals surface area contributed by atoms with Crippen LogP contribution in [-0.2, 0) is 15.6 Å². The maximum absolute atomic E-state index is 12.7. The topological polar surface area (TPSA) is 20.3 Å². The monoisotopic (exact) mass is 341 g/mol. The third-order valence-electron chi connectivity index (χ3n) is 5.06. The minimum Gasteiger partial charge on any atom is -0.309 e. The highest BCUT2D eigenvalue weighted by molar-refractivity contribution is 6.03. The van der Waals surface area contributed by atoms with Gasteiger partial charge < -0.3 is 4.90 Å². The second kappa shape index (κ2) is 7.07. The number of carbonyl (C=O) groups excluding carboxylic acids is 1. The van der Waals surface area contributed by atoms with Crippen molar-refractivity contribution in [1.82, 2.24) is 4.90 Å². The van der Waals surface area contributed by atoms with Crippen LogP contribution in [0.15, 0.2) is 23.8 Å². The first-order valence-corrected chi connectivity index (χ1v) is 9.43. The van der Waals surface area contributed by atoms with E-state index in [1.54, 1.807) is 0 Å². The van der Waals surface area contributed by atoms with Crippen molar-refractivity contribution >= 4 is 11.9 Å². The van der Waals surface area contributed by atoms with Crippen molar-refractivity contribution in [3.05, 3.63) is 40.5 Å². The second-order valence-corrected chi connectivity index (χ2v) is 9.88. The molecular formula is C23H35NO. The minimum absolute atomic E-state index is 0.0989. The molecule has 2 nitrogen and oxygen atoms in total. The van der Waals surface area contributed by atoms with Crippen molar-refractivity contribution < 1.29 is 4.79 Å². The zero-order chi connectivity index (χ0) is 19.0. The molecule has 25 heavy (non-hydrogen) atoms. The lowest BCUT2D eigenvalue weighted by Crippen LogP contribution is -2.24. The van der Waals surface area contributed by atoms with E-state index in [2.05, 4.69) is 70.7 Å². The van der Waals surface area contributed by atoms with Crippen LogP contribution in [0.1, 0.15) is 71.1 Å². The van der Waals surface area contributed by atoms with E-state index < -0.39 is 0 Å². The first-order chi connectivity index (χ1) is 11.4. The summed E-state index contributed by atoms with van der Waals surface area (Å²) in [6, 6.07) is 6.84. The summed E-state index contributed by atoms with van der Waals surface area (Å²) >= 11 is 0. The number of hydrogen-bond donors (Lipinski definition) is 0. The summed E-state index contributed by atoms with van der Waals surface area (Å²) in [5.41, 5.74) is 5.04. The van der Waals surface area contributed by atoms with E-state index in [9.17, 15) is 4.79 Å². The summed E-state index contributed by atoms with van der Waals surface area (Å²) in [6.07, 6.45) is 4.03. The molecule has 1 aliphatic carbocycles. The minimum atomic E-state index is 0.0989. The van der Waals surface area contributed by atoms with Gasteiger partial charge in [0.15, 0.2) is 5.78 Å². The number of benzene rings is 1. The van der Waals surface area contributed by atoms with Gasteiger partial charge in [-0.05, 0) is 66.1 Å². The van der Waals surface area contributed by atoms with Crippen molar-refractivity contribution in [3.8, 4) is 0 Å². The number of rotatable bonds is 3. The number of Topliss-reactive ketones (excluding diaryl/α,β-unsaturated/α-hetero) is 1. The van der Waals surface area contributed by atoms with Gasteiger partial charge in [-0.15, -0.1) is 0 Å². The number of hydrogen-bond acceptors (Lipinski definition) is 2. The fourth-order valence-corrected chi connectivity index (χ4v) is 3.41. The molecule has 2 heteroatoms. The van der Waals surface area contributed by atoms with Gasteiger partial charge in [0.25, 0.3) is 0 Å². The summed E-state index contributed by atoms with van der Waals surface area (Å²) in [4.78, 5) is 14.8. The van der Waals surface area contributed by atoms with E-state index >= 15 is 0 Å². The largest absolute Gasteiger partial charge is 0.309 e.